The van der Waals surface area contributed by atoms with Gasteiger partial charge in [0.1, 0.15) is 5.82 Å². The molecule has 120 valence electrons. The Balaban J connectivity index is 2.21. The van der Waals surface area contributed by atoms with Crippen LogP contribution in [0.15, 0.2) is 12.1 Å². The van der Waals surface area contributed by atoms with Gasteiger partial charge in [0.05, 0.1) is 5.56 Å². The van der Waals surface area contributed by atoms with Crippen LogP contribution in [0, 0.1) is 5.92 Å². The summed E-state index contributed by atoms with van der Waals surface area (Å²) >= 11 is 0. The van der Waals surface area contributed by atoms with Crippen molar-refractivity contribution in [3.8, 4) is 0 Å². The number of pyridine rings is 1. The third kappa shape index (κ3) is 3.96. The molecule has 2 heterocycles. The summed E-state index contributed by atoms with van der Waals surface area (Å²) in [6.07, 6.45) is 0.752. The Morgan fingerprint density at radius 1 is 1.23 bits per heavy atom. The summed E-state index contributed by atoms with van der Waals surface area (Å²) in [5.74, 6) is 0.251. The van der Waals surface area contributed by atoms with Crippen molar-refractivity contribution in [3.63, 3.8) is 0 Å². The number of aromatic carboxylic acids is 1. The highest BCUT2D eigenvalue weighted by atomic mass is 16.4. The van der Waals surface area contributed by atoms with Crippen LogP contribution in [0.2, 0.25) is 0 Å². The van der Waals surface area contributed by atoms with Gasteiger partial charge in [-0.2, -0.15) is 0 Å². The van der Waals surface area contributed by atoms with Crippen LogP contribution in [-0.4, -0.2) is 53.0 Å². The standard InChI is InChI=1S/C16H23N3O3/c1-11(2)8-14-9-13(16(21)22)10-15(17-14)19-6-4-18(5-7-19)12(3)20/h9-11H,4-8H2,1-3H3,(H,21,22). The van der Waals surface area contributed by atoms with Gasteiger partial charge in [0.25, 0.3) is 0 Å². The van der Waals surface area contributed by atoms with E-state index in [-0.39, 0.29) is 11.5 Å². The fourth-order valence-electron chi connectivity index (χ4n) is 2.63. The van der Waals surface area contributed by atoms with Gasteiger partial charge in [-0.3, -0.25) is 4.79 Å². The highest BCUT2D eigenvalue weighted by molar-refractivity contribution is 5.88. The Labute approximate surface area is 130 Å². The van der Waals surface area contributed by atoms with Crippen LogP contribution in [0.4, 0.5) is 5.82 Å². The van der Waals surface area contributed by atoms with Crippen LogP contribution < -0.4 is 4.90 Å². The minimum absolute atomic E-state index is 0.0763. The fourth-order valence-corrected chi connectivity index (χ4v) is 2.63. The first kappa shape index (κ1) is 16.3. The summed E-state index contributed by atoms with van der Waals surface area (Å²) < 4.78 is 0. The van der Waals surface area contributed by atoms with Gasteiger partial charge < -0.3 is 14.9 Å². The summed E-state index contributed by atoms with van der Waals surface area (Å²) in [6, 6.07) is 3.27. The summed E-state index contributed by atoms with van der Waals surface area (Å²) in [6.45, 7) is 8.38. The number of anilines is 1. The number of carboxylic acids is 1. The average molecular weight is 305 g/mol. The second kappa shape index (κ2) is 6.77. The minimum Gasteiger partial charge on any atom is -0.478 e. The van der Waals surface area contributed by atoms with Gasteiger partial charge in [0, 0.05) is 38.8 Å². The number of amides is 1. The van der Waals surface area contributed by atoms with Crippen molar-refractivity contribution in [2.45, 2.75) is 27.2 Å². The van der Waals surface area contributed by atoms with Gasteiger partial charge in [-0.05, 0) is 24.5 Å². The molecular weight excluding hydrogens is 282 g/mol. The maximum Gasteiger partial charge on any atom is 0.335 e. The predicted octanol–water partition coefficient (Wildman–Crippen LogP) is 1.65. The van der Waals surface area contributed by atoms with E-state index in [0.717, 1.165) is 12.1 Å². The number of carboxylic acid groups (broad SMARTS) is 1. The Kier molecular flexibility index (Phi) is 5.00. The topological polar surface area (TPSA) is 73.7 Å². The predicted molar refractivity (Wildman–Crippen MR) is 84.2 cm³/mol. The van der Waals surface area contributed by atoms with Gasteiger partial charge >= 0.3 is 5.97 Å². The van der Waals surface area contributed by atoms with E-state index < -0.39 is 5.97 Å². The minimum atomic E-state index is -0.934. The van der Waals surface area contributed by atoms with E-state index in [1.165, 1.54) is 0 Å². The largest absolute Gasteiger partial charge is 0.478 e. The van der Waals surface area contributed by atoms with Crippen LogP contribution in [0.25, 0.3) is 0 Å². The van der Waals surface area contributed by atoms with Crippen molar-refractivity contribution in [3.05, 3.63) is 23.4 Å². The molecule has 1 aromatic rings. The zero-order valence-corrected chi connectivity index (χ0v) is 13.4. The number of piperazine rings is 1. The van der Waals surface area contributed by atoms with Gasteiger partial charge in [0.15, 0.2) is 0 Å². The molecule has 0 bridgehead atoms. The average Bonchev–Trinajstić information content (AvgIpc) is 2.46. The molecule has 0 aliphatic carbocycles. The SMILES string of the molecule is CC(=O)N1CCN(c2cc(C(=O)O)cc(CC(C)C)n2)CC1. The van der Waals surface area contributed by atoms with Gasteiger partial charge in [-0.1, -0.05) is 13.8 Å². The van der Waals surface area contributed by atoms with Crippen LogP contribution in [0.5, 0.6) is 0 Å². The Morgan fingerprint density at radius 2 is 1.86 bits per heavy atom. The molecule has 0 aromatic carbocycles. The fraction of sp³-hybridized carbons (Fsp3) is 0.562. The molecule has 6 nitrogen and oxygen atoms in total. The Morgan fingerprint density at radius 3 is 2.36 bits per heavy atom. The normalized spacial score (nSPS) is 15.3. The lowest BCUT2D eigenvalue weighted by Gasteiger charge is -2.35. The second-order valence-electron chi connectivity index (χ2n) is 6.10. The van der Waals surface area contributed by atoms with Crippen molar-refractivity contribution >= 4 is 17.7 Å². The molecule has 1 fully saturated rings. The lowest BCUT2D eigenvalue weighted by atomic mass is 10.1. The molecule has 1 amide bonds. The van der Waals surface area contributed by atoms with E-state index >= 15 is 0 Å². The molecule has 0 unspecified atom stereocenters. The first-order valence-corrected chi connectivity index (χ1v) is 7.61. The molecule has 0 atom stereocenters. The van der Waals surface area contributed by atoms with Gasteiger partial charge in [0.2, 0.25) is 5.91 Å². The number of carbonyl (C=O) groups excluding carboxylic acids is 1. The molecule has 0 radical (unpaired) electrons. The Hall–Kier alpha value is -2.11. The quantitative estimate of drug-likeness (QED) is 0.915. The van der Waals surface area contributed by atoms with E-state index in [2.05, 4.69) is 23.7 Å². The van der Waals surface area contributed by atoms with E-state index in [0.29, 0.717) is 37.9 Å². The zero-order valence-electron chi connectivity index (χ0n) is 13.4. The van der Waals surface area contributed by atoms with Crippen LogP contribution in [-0.2, 0) is 11.2 Å². The number of hydrogen-bond acceptors (Lipinski definition) is 4. The van der Waals surface area contributed by atoms with E-state index in [1.807, 2.05) is 0 Å². The summed E-state index contributed by atoms with van der Waals surface area (Å²) in [4.78, 5) is 31.1. The molecule has 0 saturated carbocycles. The molecule has 1 saturated heterocycles. The van der Waals surface area contributed by atoms with Gasteiger partial charge in [-0.25, -0.2) is 9.78 Å². The van der Waals surface area contributed by atoms with Crippen molar-refractivity contribution in [1.82, 2.24) is 9.88 Å². The molecular formula is C16H23N3O3. The van der Waals surface area contributed by atoms with Gasteiger partial charge in [-0.15, -0.1) is 0 Å². The molecule has 1 aromatic heterocycles. The summed E-state index contributed by atoms with van der Waals surface area (Å²) in [5, 5.41) is 9.28. The maximum absolute atomic E-state index is 11.4. The molecule has 1 N–H and O–H groups in total. The lowest BCUT2D eigenvalue weighted by molar-refractivity contribution is -0.129. The molecule has 0 spiro atoms. The molecule has 2 rings (SSSR count). The molecule has 6 heteroatoms. The van der Waals surface area contributed by atoms with E-state index in [4.69, 9.17) is 0 Å². The van der Waals surface area contributed by atoms with Crippen LogP contribution >= 0.6 is 0 Å². The number of aromatic nitrogens is 1. The molecule has 22 heavy (non-hydrogen) atoms. The number of nitrogens with zero attached hydrogens (tertiary/aromatic N) is 3. The highest BCUT2D eigenvalue weighted by Crippen LogP contribution is 2.19. The Bertz CT molecular complexity index is 564. The monoisotopic (exact) mass is 305 g/mol. The second-order valence-corrected chi connectivity index (χ2v) is 6.10. The third-order valence-electron chi connectivity index (χ3n) is 3.78. The van der Waals surface area contributed by atoms with E-state index in [1.54, 1.807) is 24.0 Å². The van der Waals surface area contributed by atoms with Crippen LogP contribution in [0.3, 0.4) is 0 Å². The number of hydrogen-bond donors (Lipinski definition) is 1. The zero-order chi connectivity index (χ0) is 16.3. The number of carbonyl (C=O) groups is 2. The van der Waals surface area contributed by atoms with Crippen molar-refractivity contribution in [1.29, 1.82) is 0 Å². The first-order valence-electron chi connectivity index (χ1n) is 7.61. The number of rotatable bonds is 4. The summed E-state index contributed by atoms with van der Waals surface area (Å²) in [7, 11) is 0. The highest BCUT2D eigenvalue weighted by Gasteiger charge is 2.21. The van der Waals surface area contributed by atoms with E-state index in [9.17, 15) is 14.7 Å². The summed E-state index contributed by atoms with van der Waals surface area (Å²) in [5.41, 5.74) is 1.08. The third-order valence-corrected chi connectivity index (χ3v) is 3.78. The smallest absolute Gasteiger partial charge is 0.335 e. The molecule has 1 aliphatic rings. The van der Waals surface area contributed by atoms with Crippen molar-refractivity contribution < 1.29 is 14.7 Å². The van der Waals surface area contributed by atoms with Crippen LogP contribution in [0.1, 0.15) is 36.8 Å². The van der Waals surface area contributed by atoms with Crippen molar-refractivity contribution in [2.75, 3.05) is 31.1 Å². The molecule has 1 aliphatic heterocycles. The van der Waals surface area contributed by atoms with Crippen molar-refractivity contribution in [2.24, 2.45) is 5.92 Å². The lowest BCUT2D eigenvalue weighted by Crippen LogP contribution is -2.48. The maximum atomic E-state index is 11.4. The first-order chi connectivity index (χ1) is 10.4.